The molecule has 1 aliphatic heterocycles. The Hall–Kier alpha value is -1.69. The van der Waals surface area contributed by atoms with E-state index in [0.717, 1.165) is 12.1 Å². The smallest absolute Gasteiger partial charge is 0.317 e. The SMILES string of the molecule is CCC1CN(C(=O)NCc2ccnc(C)n2)CCO1. The van der Waals surface area contributed by atoms with Gasteiger partial charge < -0.3 is 15.0 Å². The van der Waals surface area contributed by atoms with Gasteiger partial charge in [0.2, 0.25) is 0 Å². The van der Waals surface area contributed by atoms with Crippen LogP contribution >= 0.6 is 0 Å². The molecule has 19 heavy (non-hydrogen) atoms. The average Bonchev–Trinajstić information content (AvgIpc) is 2.45. The summed E-state index contributed by atoms with van der Waals surface area (Å²) < 4.78 is 5.54. The molecule has 0 aliphatic carbocycles. The molecule has 6 nitrogen and oxygen atoms in total. The molecule has 0 bridgehead atoms. The molecule has 104 valence electrons. The van der Waals surface area contributed by atoms with Gasteiger partial charge in [-0.2, -0.15) is 0 Å². The number of carbonyl (C=O) groups is 1. The van der Waals surface area contributed by atoms with Gasteiger partial charge in [-0.1, -0.05) is 6.92 Å². The molecule has 1 aliphatic rings. The molecule has 0 spiro atoms. The zero-order chi connectivity index (χ0) is 13.7. The lowest BCUT2D eigenvalue weighted by Crippen LogP contribution is -2.49. The van der Waals surface area contributed by atoms with E-state index in [1.54, 1.807) is 17.2 Å². The highest BCUT2D eigenvalue weighted by Crippen LogP contribution is 2.08. The van der Waals surface area contributed by atoms with Crippen LogP contribution in [-0.4, -0.2) is 46.7 Å². The predicted molar refractivity (Wildman–Crippen MR) is 70.6 cm³/mol. The second-order valence-corrected chi connectivity index (χ2v) is 4.60. The van der Waals surface area contributed by atoms with E-state index in [4.69, 9.17) is 4.74 Å². The molecule has 1 N–H and O–H groups in total. The van der Waals surface area contributed by atoms with E-state index in [1.165, 1.54) is 0 Å². The highest BCUT2D eigenvalue weighted by Gasteiger charge is 2.22. The van der Waals surface area contributed by atoms with Crippen molar-refractivity contribution < 1.29 is 9.53 Å². The lowest BCUT2D eigenvalue weighted by atomic mass is 10.2. The Morgan fingerprint density at radius 1 is 1.63 bits per heavy atom. The van der Waals surface area contributed by atoms with Gasteiger partial charge in [0.15, 0.2) is 0 Å². The molecule has 1 atom stereocenters. The van der Waals surface area contributed by atoms with Crippen molar-refractivity contribution in [2.24, 2.45) is 0 Å². The minimum absolute atomic E-state index is 0.0574. The number of nitrogens with one attached hydrogen (secondary N) is 1. The Labute approximate surface area is 113 Å². The first-order valence-electron chi connectivity index (χ1n) is 6.62. The summed E-state index contributed by atoms with van der Waals surface area (Å²) >= 11 is 0. The summed E-state index contributed by atoms with van der Waals surface area (Å²) in [6.45, 7) is 6.24. The van der Waals surface area contributed by atoms with Crippen molar-refractivity contribution in [1.82, 2.24) is 20.2 Å². The molecule has 2 rings (SSSR count). The molecule has 0 aromatic carbocycles. The minimum Gasteiger partial charge on any atom is -0.375 e. The number of aryl methyl sites for hydroxylation is 1. The van der Waals surface area contributed by atoms with Crippen LogP contribution in [0.4, 0.5) is 4.79 Å². The first-order valence-corrected chi connectivity index (χ1v) is 6.62. The van der Waals surface area contributed by atoms with Crippen LogP contribution in [0.25, 0.3) is 0 Å². The molecule has 2 amide bonds. The number of morpholine rings is 1. The van der Waals surface area contributed by atoms with Crippen LogP contribution in [-0.2, 0) is 11.3 Å². The lowest BCUT2D eigenvalue weighted by Gasteiger charge is -2.32. The summed E-state index contributed by atoms with van der Waals surface area (Å²) in [5.74, 6) is 0.712. The second-order valence-electron chi connectivity index (χ2n) is 4.60. The summed E-state index contributed by atoms with van der Waals surface area (Å²) in [6, 6.07) is 1.75. The molecule has 0 radical (unpaired) electrons. The zero-order valence-electron chi connectivity index (χ0n) is 11.4. The van der Waals surface area contributed by atoms with Crippen LogP contribution in [0.15, 0.2) is 12.3 Å². The van der Waals surface area contributed by atoms with E-state index in [2.05, 4.69) is 22.2 Å². The number of hydrogen-bond donors (Lipinski definition) is 1. The molecule has 6 heteroatoms. The van der Waals surface area contributed by atoms with E-state index >= 15 is 0 Å². The Morgan fingerprint density at radius 2 is 2.47 bits per heavy atom. The fraction of sp³-hybridized carbons (Fsp3) is 0.615. The van der Waals surface area contributed by atoms with Crippen LogP contribution in [0.5, 0.6) is 0 Å². The van der Waals surface area contributed by atoms with E-state index in [0.29, 0.717) is 32.1 Å². The van der Waals surface area contributed by atoms with Gasteiger partial charge in [0.1, 0.15) is 5.82 Å². The molecule has 1 saturated heterocycles. The fourth-order valence-corrected chi connectivity index (χ4v) is 2.03. The third-order valence-corrected chi connectivity index (χ3v) is 3.14. The summed E-state index contributed by atoms with van der Waals surface area (Å²) in [5, 5.41) is 2.88. The van der Waals surface area contributed by atoms with Crippen molar-refractivity contribution in [3.05, 3.63) is 23.8 Å². The molecule has 1 aromatic rings. The minimum atomic E-state index is -0.0574. The maximum Gasteiger partial charge on any atom is 0.317 e. The molecule has 2 heterocycles. The summed E-state index contributed by atoms with van der Waals surface area (Å²) in [7, 11) is 0. The number of aromatic nitrogens is 2. The number of nitrogens with zero attached hydrogens (tertiary/aromatic N) is 3. The molecule has 1 aromatic heterocycles. The van der Waals surface area contributed by atoms with Gasteiger partial charge in [0, 0.05) is 19.3 Å². The first-order chi connectivity index (χ1) is 9.19. The topological polar surface area (TPSA) is 67.4 Å². The maximum absolute atomic E-state index is 12.0. The van der Waals surface area contributed by atoms with Gasteiger partial charge in [-0.25, -0.2) is 14.8 Å². The highest BCUT2D eigenvalue weighted by atomic mass is 16.5. The van der Waals surface area contributed by atoms with Gasteiger partial charge in [0.25, 0.3) is 0 Å². The average molecular weight is 264 g/mol. The highest BCUT2D eigenvalue weighted by molar-refractivity contribution is 5.74. The second kappa shape index (κ2) is 6.47. The Kier molecular flexibility index (Phi) is 4.68. The van der Waals surface area contributed by atoms with E-state index < -0.39 is 0 Å². The van der Waals surface area contributed by atoms with Crippen molar-refractivity contribution in [1.29, 1.82) is 0 Å². The van der Waals surface area contributed by atoms with Gasteiger partial charge >= 0.3 is 6.03 Å². The Morgan fingerprint density at radius 3 is 3.21 bits per heavy atom. The van der Waals surface area contributed by atoms with Gasteiger partial charge in [-0.3, -0.25) is 0 Å². The number of amides is 2. The molecule has 1 fully saturated rings. The third-order valence-electron chi connectivity index (χ3n) is 3.14. The van der Waals surface area contributed by atoms with Gasteiger partial charge in [0.05, 0.1) is 24.9 Å². The monoisotopic (exact) mass is 264 g/mol. The standard InChI is InChI=1S/C13H20N4O2/c1-3-12-9-17(6-7-19-12)13(18)15-8-11-4-5-14-10(2)16-11/h4-5,12H,3,6-9H2,1-2H3,(H,15,18). The summed E-state index contributed by atoms with van der Waals surface area (Å²) in [5.41, 5.74) is 0.821. The number of urea groups is 1. The van der Waals surface area contributed by atoms with Crippen molar-refractivity contribution in [2.75, 3.05) is 19.7 Å². The number of ether oxygens (including phenoxy) is 1. The van der Waals surface area contributed by atoms with E-state index in [-0.39, 0.29) is 12.1 Å². The van der Waals surface area contributed by atoms with Crippen molar-refractivity contribution >= 4 is 6.03 Å². The largest absolute Gasteiger partial charge is 0.375 e. The van der Waals surface area contributed by atoms with Crippen molar-refractivity contribution in [2.45, 2.75) is 32.9 Å². The molecule has 0 saturated carbocycles. The quantitative estimate of drug-likeness (QED) is 0.888. The maximum atomic E-state index is 12.0. The molecular weight excluding hydrogens is 244 g/mol. The predicted octanol–water partition coefficient (Wildman–Crippen LogP) is 1.11. The van der Waals surface area contributed by atoms with Crippen molar-refractivity contribution in [3.8, 4) is 0 Å². The number of rotatable bonds is 3. The summed E-state index contributed by atoms with van der Waals surface area (Å²) in [6.07, 6.45) is 2.78. The van der Waals surface area contributed by atoms with Gasteiger partial charge in [-0.05, 0) is 19.4 Å². The Bertz CT molecular complexity index is 438. The van der Waals surface area contributed by atoms with Crippen LogP contribution < -0.4 is 5.32 Å². The number of carbonyl (C=O) groups excluding carboxylic acids is 1. The van der Waals surface area contributed by atoms with Crippen LogP contribution in [0.3, 0.4) is 0 Å². The normalized spacial score (nSPS) is 19.3. The fourth-order valence-electron chi connectivity index (χ4n) is 2.03. The molecule has 1 unspecified atom stereocenters. The van der Waals surface area contributed by atoms with Crippen LogP contribution in [0.1, 0.15) is 24.9 Å². The first kappa shape index (κ1) is 13.7. The zero-order valence-corrected chi connectivity index (χ0v) is 11.4. The lowest BCUT2D eigenvalue weighted by molar-refractivity contribution is -0.0154. The third kappa shape index (κ3) is 3.89. The van der Waals surface area contributed by atoms with E-state index in [1.807, 2.05) is 6.92 Å². The summed E-state index contributed by atoms with van der Waals surface area (Å²) in [4.78, 5) is 22.1. The van der Waals surface area contributed by atoms with Crippen molar-refractivity contribution in [3.63, 3.8) is 0 Å². The van der Waals surface area contributed by atoms with E-state index in [9.17, 15) is 4.79 Å². The Balaban J connectivity index is 1.84. The number of hydrogen-bond acceptors (Lipinski definition) is 4. The van der Waals surface area contributed by atoms with Gasteiger partial charge in [-0.15, -0.1) is 0 Å². The molecular formula is C13H20N4O2. The van der Waals surface area contributed by atoms with Crippen LogP contribution in [0.2, 0.25) is 0 Å². The van der Waals surface area contributed by atoms with Crippen LogP contribution in [0, 0.1) is 6.92 Å².